The Kier molecular flexibility index (Phi) is 11.2. The predicted octanol–water partition coefficient (Wildman–Crippen LogP) is 4.61. The van der Waals surface area contributed by atoms with Gasteiger partial charge in [0.05, 0.1) is 13.1 Å². The Bertz CT molecular complexity index is 1380. The predicted molar refractivity (Wildman–Crippen MR) is 148 cm³/mol. The summed E-state index contributed by atoms with van der Waals surface area (Å²) in [5.41, 5.74) is 2.43. The summed E-state index contributed by atoms with van der Waals surface area (Å²) in [5, 5.41) is 21.5. The minimum atomic E-state index is -5.19. The molecule has 230 valence electrons. The van der Waals surface area contributed by atoms with Crippen LogP contribution in [-0.4, -0.2) is 65.8 Å². The van der Waals surface area contributed by atoms with Crippen molar-refractivity contribution in [3.63, 3.8) is 0 Å². The number of para-hydroxylation sites is 1. The van der Waals surface area contributed by atoms with Gasteiger partial charge in [-0.15, -0.1) is 0 Å². The number of nitrogens with zero attached hydrogens (tertiary/aromatic N) is 1. The molecule has 3 saturated heterocycles. The molecule has 0 spiro atoms. The first-order valence-corrected chi connectivity index (χ1v) is 13.5. The summed E-state index contributed by atoms with van der Waals surface area (Å²) in [6.45, 7) is 4.52. The fourth-order valence-electron chi connectivity index (χ4n) is 5.09. The molecule has 2 N–H and O–H groups in total. The monoisotopic (exact) mass is 604 g/mol. The van der Waals surface area contributed by atoms with Gasteiger partial charge in [-0.2, -0.15) is 13.2 Å². The number of carbonyl (C=O) groups excluding carboxylic acids is 3. The number of hydrogen-bond acceptors (Lipinski definition) is 7. The highest BCUT2D eigenvalue weighted by Gasteiger charge is 2.48. The summed E-state index contributed by atoms with van der Waals surface area (Å²) >= 11 is 0. The number of aromatic hydroxyl groups is 1. The number of piperidine rings is 3. The molecule has 0 aliphatic carbocycles. The van der Waals surface area contributed by atoms with E-state index in [4.69, 9.17) is 14.6 Å². The zero-order valence-electron chi connectivity index (χ0n) is 23.4. The van der Waals surface area contributed by atoms with E-state index in [1.165, 1.54) is 25.1 Å². The van der Waals surface area contributed by atoms with Crippen LogP contribution in [0.2, 0.25) is 0 Å². The molecule has 2 bridgehead atoms. The van der Waals surface area contributed by atoms with Crippen LogP contribution < -0.4 is 10.4 Å². The Hall–Kier alpha value is -4.45. The quantitative estimate of drug-likeness (QED) is 0.183. The van der Waals surface area contributed by atoms with Crippen molar-refractivity contribution in [1.82, 2.24) is 0 Å². The number of rotatable bonds is 6. The fraction of sp³-hybridized carbons (Fsp3) is 0.323. The van der Waals surface area contributed by atoms with E-state index in [2.05, 4.69) is 5.32 Å². The number of carboxylic acid groups (broad SMARTS) is 1. The third-order valence-electron chi connectivity index (χ3n) is 7.14. The van der Waals surface area contributed by atoms with Crippen LogP contribution in [0.15, 0.2) is 78.9 Å². The summed E-state index contributed by atoms with van der Waals surface area (Å²) in [4.78, 5) is 32.6. The maximum absolute atomic E-state index is 12.6. The minimum absolute atomic E-state index is 0.0397. The molecule has 3 aliphatic rings. The number of aliphatic carboxylic acids is 1. The van der Waals surface area contributed by atoms with Crippen LogP contribution in [-0.2, 0) is 14.3 Å². The Balaban J connectivity index is 0.000000206. The van der Waals surface area contributed by atoms with Gasteiger partial charge < -0.3 is 29.5 Å². The van der Waals surface area contributed by atoms with Crippen LogP contribution in [0, 0.1) is 11.7 Å². The van der Waals surface area contributed by atoms with E-state index in [9.17, 15) is 32.3 Å². The third-order valence-corrected chi connectivity index (χ3v) is 7.14. The maximum atomic E-state index is 12.6. The number of nitrogens with one attached hydrogen (secondary N) is 1. The number of phenolic OH excluding ortho intramolecular Hbond substituents is 1. The topological polar surface area (TPSA) is 116 Å². The SMILES string of the molecule is CC(=O)OC1C[N+]2(CC(=O)c3cccc(O)c3)CCC1CC2.Fc1ccc(Nc2ccccc2)cc1.O=C([O-])C(F)(F)F. The smallest absolute Gasteiger partial charge is 0.430 e. The number of Topliss-reactive ketones (excluding diaryl/α,β-unsaturated/α-hetero) is 1. The van der Waals surface area contributed by atoms with Crippen molar-refractivity contribution in [2.24, 2.45) is 5.92 Å². The van der Waals surface area contributed by atoms with E-state index < -0.39 is 12.1 Å². The van der Waals surface area contributed by atoms with Gasteiger partial charge >= 0.3 is 12.1 Å². The molecule has 3 heterocycles. The molecule has 43 heavy (non-hydrogen) atoms. The normalized spacial score (nSPS) is 20.4. The first-order valence-electron chi connectivity index (χ1n) is 13.5. The number of fused-ring (bicyclic) bond motifs is 3. The Morgan fingerprint density at radius 3 is 2.07 bits per heavy atom. The molecular weight excluding hydrogens is 572 g/mol. The average Bonchev–Trinajstić information content (AvgIpc) is 2.95. The first-order chi connectivity index (χ1) is 20.3. The van der Waals surface area contributed by atoms with E-state index in [1.807, 2.05) is 30.3 Å². The third kappa shape index (κ3) is 10.4. The number of benzene rings is 3. The van der Waals surface area contributed by atoms with Crippen molar-refractivity contribution < 1.29 is 51.4 Å². The average molecular weight is 605 g/mol. The zero-order valence-corrected chi connectivity index (χ0v) is 23.4. The van der Waals surface area contributed by atoms with Crippen LogP contribution in [0.3, 0.4) is 0 Å². The van der Waals surface area contributed by atoms with Crippen LogP contribution in [0.5, 0.6) is 5.75 Å². The second-order valence-corrected chi connectivity index (χ2v) is 10.4. The molecule has 0 saturated carbocycles. The second kappa shape index (κ2) is 14.6. The second-order valence-electron chi connectivity index (χ2n) is 10.4. The number of alkyl halides is 3. The fourth-order valence-corrected chi connectivity index (χ4v) is 5.09. The summed E-state index contributed by atoms with van der Waals surface area (Å²) < 4.78 is 50.3. The molecule has 1 atom stereocenters. The number of carbonyl (C=O) groups is 3. The lowest BCUT2D eigenvalue weighted by Gasteiger charge is -2.51. The van der Waals surface area contributed by atoms with Crippen molar-refractivity contribution in [1.29, 1.82) is 0 Å². The number of carboxylic acids is 1. The summed E-state index contributed by atoms with van der Waals surface area (Å²) in [5.74, 6) is -2.87. The molecule has 3 aromatic carbocycles. The lowest BCUT2D eigenvalue weighted by molar-refractivity contribution is -0.938. The highest BCUT2D eigenvalue weighted by Crippen LogP contribution is 2.36. The van der Waals surface area contributed by atoms with E-state index in [-0.39, 0.29) is 29.4 Å². The molecule has 0 aromatic heterocycles. The maximum Gasteiger partial charge on any atom is 0.430 e. The number of halogens is 4. The summed E-state index contributed by atoms with van der Waals surface area (Å²) in [7, 11) is 0. The molecule has 8 nitrogen and oxygen atoms in total. The highest BCUT2D eigenvalue weighted by atomic mass is 19.4. The number of ketones is 1. The van der Waals surface area contributed by atoms with Crippen molar-refractivity contribution in [3.05, 3.63) is 90.2 Å². The molecule has 3 aliphatic heterocycles. The number of esters is 1. The molecular formula is C31H32F4N2O6. The van der Waals surface area contributed by atoms with Gasteiger partial charge in [-0.1, -0.05) is 30.3 Å². The highest BCUT2D eigenvalue weighted by molar-refractivity contribution is 5.97. The molecule has 3 aromatic rings. The number of hydrogen-bond donors (Lipinski definition) is 2. The number of quaternary nitrogens is 1. The Labute approximate surface area is 246 Å². The number of ether oxygens (including phenoxy) is 1. The molecule has 0 amide bonds. The van der Waals surface area contributed by atoms with Gasteiger partial charge in [-0.3, -0.25) is 9.59 Å². The van der Waals surface area contributed by atoms with E-state index >= 15 is 0 Å². The van der Waals surface area contributed by atoms with Crippen molar-refractivity contribution in [2.75, 3.05) is 31.5 Å². The van der Waals surface area contributed by atoms with Gasteiger partial charge in [0, 0.05) is 42.6 Å². The summed E-state index contributed by atoms with van der Waals surface area (Å²) in [6, 6.07) is 22.6. The lowest BCUT2D eigenvalue weighted by Crippen LogP contribution is -2.65. The Morgan fingerprint density at radius 1 is 0.953 bits per heavy atom. The molecule has 12 heteroatoms. The van der Waals surface area contributed by atoms with E-state index in [0.717, 1.165) is 43.9 Å². The van der Waals surface area contributed by atoms with Crippen molar-refractivity contribution in [2.45, 2.75) is 32.0 Å². The standard InChI is InChI=1S/C17H21NO4.C12H10FN.C2HF3O2/c1-12(19)22-17-11-18(7-5-13(17)6-8-18)10-16(21)14-3-2-4-15(20)9-14;13-10-6-8-12(9-7-10)14-11-4-2-1-3-5-11;3-2(4,5)1(6)7/h2-4,9,13,17H,5-8,10-11H2,1H3;1-9,14H;(H,6,7). The summed E-state index contributed by atoms with van der Waals surface area (Å²) in [6.07, 6.45) is -3.24. The van der Waals surface area contributed by atoms with Gasteiger partial charge in [0.15, 0.2) is 6.10 Å². The van der Waals surface area contributed by atoms with Crippen LogP contribution >= 0.6 is 0 Å². The minimum Gasteiger partial charge on any atom is -0.542 e. The van der Waals surface area contributed by atoms with Gasteiger partial charge in [-0.25, -0.2) is 4.39 Å². The largest absolute Gasteiger partial charge is 0.542 e. The van der Waals surface area contributed by atoms with Gasteiger partial charge in [0.1, 0.15) is 30.6 Å². The lowest BCUT2D eigenvalue weighted by atomic mass is 9.83. The van der Waals surface area contributed by atoms with Crippen LogP contribution in [0.4, 0.5) is 28.9 Å². The molecule has 3 fully saturated rings. The number of phenols is 1. The van der Waals surface area contributed by atoms with Gasteiger partial charge in [-0.05, 0) is 48.5 Å². The van der Waals surface area contributed by atoms with Crippen LogP contribution in [0.25, 0.3) is 0 Å². The first kappa shape index (κ1) is 33.1. The van der Waals surface area contributed by atoms with Crippen molar-refractivity contribution in [3.8, 4) is 5.75 Å². The zero-order chi connectivity index (χ0) is 31.6. The van der Waals surface area contributed by atoms with E-state index in [0.29, 0.717) is 22.5 Å². The molecule has 1 unspecified atom stereocenters. The Morgan fingerprint density at radius 2 is 1.53 bits per heavy atom. The van der Waals surface area contributed by atoms with Gasteiger partial charge in [0.25, 0.3) is 0 Å². The van der Waals surface area contributed by atoms with Gasteiger partial charge in [0.2, 0.25) is 5.78 Å². The molecule has 0 radical (unpaired) electrons. The van der Waals surface area contributed by atoms with Crippen LogP contribution in [0.1, 0.15) is 30.1 Å². The molecule has 6 rings (SSSR count). The number of anilines is 2. The van der Waals surface area contributed by atoms with E-state index in [1.54, 1.807) is 30.3 Å². The van der Waals surface area contributed by atoms with Crippen molar-refractivity contribution >= 4 is 29.1 Å².